The molecule has 1 nitrogen and oxygen atoms in total. The lowest BCUT2D eigenvalue weighted by Crippen LogP contribution is -1.92. The number of hydrogen-bond donors (Lipinski definition) is 0. The summed E-state index contributed by atoms with van der Waals surface area (Å²) in [7, 11) is 0. The Labute approximate surface area is 66.3 Å². The maximum absolute atomic E-state index is 4.33. The molecule has 2 heteroatoms. The first-order chi connectivity index (χ1) is 4.75. The van der Waals surface area contributed by atoms with Crippen molar-refractivity contribution in [3.05, 3.63) is 16.6 Å². The Balaban J connectivity index is 2.82. The molecular weight excluding hydrogens is 142 g/mol. The van der Waals surface area contributed by atoms with Gasteiger partial charge in [-0.3, -0.25) is 0 Å². The molecule has 0 amide bonds. The molecule has 1 rings (SSSR count). The van der Waals surface area contributed by atoms with Gasteiger partial charge in [0.15, 0.2) is 0 Å². The average Bonchev–Trinajstić information content (AvgIpc) is 2.34. The third-order valence-corrected chi connectivity index (χ3v) is 2.62. The van der Waals surface area contributed by atoms with Gasteiger partial charge in [-0.05, 0) is 36.4 Å². The van der Waals surface area contributed by atoms with E-state index in [2.05, 4.69) is 30.5 Å². The maximum atomic E-state index is 4.33. The highest BCUT2D eigenvalue weighted by atomic mass is 32.1. The molecule has 0 aliphatic carbocycles. The standard InChI is InChI=1S/C8H13NS/c1-4-6(2)8-7(3)5-10-9-8/h5-6H,4H2,1-3H3. The molecule has 0 N–H and O–H groups in total. The third kappa shape index (κ3) is 1.37. The summed E-state index contributed by atoms with van der Waals surface area (Å²) in [4.78, 5) is 0. The van der Waals surface area contributed by atoms with Crippen molar-refractivity contribution in [1.82, 2.24) is 4.37 Å². The molecule has 0 aromatic carbocycles. The minimum atomic E-state index is 0.631. The molecule has 1 unspecified atom stereocenters. The van der Waals surface area contributed by atoms with Gasteiger partial charge >= 0.3 is 0 Å². The second-order valence-corrected chi connectivity index (χ2v) is 3.32. The van der Waals surface area contributed by atoms with Gasteiger partial charge in [-0.15, -0.1) is 0 Å². The molecule has 0 aliphatic heterocycles. The average molecular weight is 155 g/mol. The highest BCUT2D eigenvalue weighted by molar-refractivity contribution is 7.03. The predicted octanol–water partition coefficient (Wildman–Crippen LogP) is 2.97. The van der Waals surface area contributed by atoms with Crippen molar-refractivity contribution in [2.24, 2.45) is 0 Å². The lowest BCUT2D eigenvalue weighted by atomic mass is 10.0. The van der Waals surface area contributed by atoms with Gasteiger partial charge in [0.05, 0.1) is 5.69 Å². The Bertz CT molecular complexity index is 205. The first-order valence-electron chi connectivity index (χ1n) is 3.66. The van der Waals surface area contributed by atoms with Crippen LogP contribution < -0.4 is 0 Å². The Hall–Kier alpha value is -0.370. The van der Waals surface area contributed by atoms with Crippen molar-refractivity contribution in [3.63, 3.8) is 0 Å². The molecule has 0 bridgehead atoms. The van der Waals surface area contributed by atoms with Crippen LogP contribution in [0.15, 0.2) is 5.38 Å². The smallest absolute Gasteiger partial charge is 0.0599 e. The van der Waals surface area contributed by atoms with Crippen LogP contribution in [0.25, 0.3) is 0 Å². The van der Waals surface area contributed by atoms with E-state index in [-0.39, 0.29) is 0 Å². The van der Waals surface area contributed by atoms with Crippen LogP contribution in [0, 0.1) is 6.92 Å². The fraction of sp³-hybridized carbons (Fsp3) is 0.625. The molecule has 1 heterocycles. The molecule has 56 valence electrons. The Morgan fingerprint density at radius 1 is 1.70 bits per heavy atom. The summed E-state index contributed by atoms with van der Waals surface area (Å²) in [5.41, 5.74) is 2.63. The van der Waals surface area contributed by atoms with E-state index in [9.17, 15) is 0 Å². The zero-order valence-corrected chi connectivity index (χ0v) is 7.53. The molecule has 1 aromatic heterocycles. The summed E-state index contributed by atoms with van der Waals surface area (Å²) < 4.78 is 4.33. The van der Waals surface area contributed by atoms with Crippen molar-refractivity contribution < 1.29 is 0 Å². The first-order valence-corrected chi connectivity index (χ1v) is 4.50. The molecule has 0 spiro atoms. The molecule has 1 atom stereocenters. The predicted molar refractivity (Wildman–Crippen MR) is 45.6 cm³/mol. The second kappa shape index (κ2) is 3.15. The Morgan fingerprint density at radius 2 is 2.40 bits per heavy atom. The highest BCUT2D eigenvalue weighted by Crippen LogP contribution is 2.21. The second-order valence-electron chi connectivity index (χ2n) is 2.69. The fourth-order valence-corrected chi connectivity index (χ4v) is 1.74. The zero-order chi connectivity index (χ0) is 7.56. The van der Waals surface area contributed by atoms with Crippen LogP contribution in [0.3, 0.4) is 0 Å². The molecular formula is C8H13NS. The number of hydrogen-bond acceptors (Lipinski definition) is 2. The molecule has 0 saturated heterocycles. The first kappa shape index (κ1) is 7.73. The van der Waals surface area contributed by atoms with Crippen LogP contribution in [0.4, 0.5) is 0 Å². The highest BCUT2D eigenvalue weighted by Gasteiger charge is 2.07. The number of aryl methyl sites for hydroxylation is 1. The molecule has 10 heavy (non-hydrogen) atoms. The summed E-state index contributed by atoms with van der Waals surface area (Å²) in [6.45, 7) is 6.55. The minimum absolute atomic E-state index is 0.631. The molecule has 0 saturated carbocycles. The summed E-state index contributed by atoms with van der Waals surface area (Å²) >= 11 is 1.56. The van der Waals surface area contributed by atoms with E-state index in [0.29, 0.717) is 5.92 Å². The van der Waals surface area contributed by atoms with Gasteiger partial charge in [-0.2, -0.15) is 4.37 Å². The van der Waals surface area contributed by atoms with Gasteiger partial charge in [0.1, 0.15) is 0 Å². The van der Waals surface area contributed by atoms with Crippen molar-refractivity contribution in [2.75, 3.05) is 0 Å². The van der Waals surface area contributed by atoms with Crippen molar-refractivity contribution in [3.8, 4) is 0 Å². The van der Waals surface area contributed by atoms with Gasteiger partial charge in [-0.25, -0.2) is 0 Å². The summed E-state index contributed by atoms with van der Waals surface area (Å²) in [6.07, 6.45) is 1.19. The number of rotatable bonds is 2. The summed E-state index contributed by atoms with van der Waals surface area (Å²) in [5.74, 6) is 0.631. The van der Waals surface area contributed by atoms with E-state index in [1.807, 2.05) is 0 Å². The Morgan fingerprint density at radius 3 is 2.80 bits per heavy atom. The van der Waals surface area contributed by atoms with E-state index in [0.717, 1.165) is 0 Å². The van der Waals surface area contributed by atoms with Crippen molar-refractivity contribution in [1.29, 1.82) is 0 Å². The van der Waals surface area contributed by atoms with Crippen LogP contribution in [0.1, 0.15) is 37.4 Å². The quantitative estimate of drug-likeness (QED) is 0.640. The molecule has 0 radical (unpaired) electrons. The lowest BCUT2D eigenvalue weighted by molar-refractivity contribution is 0.712. The monoisotopic (exact) mass is 155 g/mol. The van der Waals surface area contributed by atoms with Crippen LogP contribution in [0.5, 0.6) is 0 Å². The molecule has 0 aliphatic rings. The topological polar surface area (TPSA) is 12.9 Å². The normalized spacial score (nSPS) is 13.5. The van der Waals surface area contributed by atoms with Crippen LogP contribution >= 0.6 is 11.5 Å². The van der Waals surface area contributed by atoms with Crippen LogP contribution in [0.2, 0.25) is 0 Å². The lowest BCUT2D eigenvalue weighted by Gasteiger charge is -2.04. The van der Waals surface area contributed by atoms with E-state index in [1.54, 1.807) is 11.5 Å². The van der Waals surface area contributed by atoms with Gasteiger partial charge in [-0.1, -0.05) is 13.8 Å². The van der Waals surface area contributed by atoms with E-state index < -0.39 is 0 Å². The summed E-state index contributed by atoms with van der Waals surface area (Å²) in [6, 6.07) is 0. The van der Waals surface area contributed by atoms with Gasteiger partial charge in [0, 0.05) is 5.38 Å². The van der Waals surface area contributed by atoms with Gasteiger partial charge in [0.25, 0.3) is 0 Å². The number of aromatic nitrogens is 1. The largest absolute Gasteiger partial charge is 0.197 e. The molecule has 0 fully saturated rings. The third-order valence-electron chi connectivity index (χ3n) is 1.86. The van der Waals surface area contributed by atoms with E-state index in [1.165, 1.54) is 17.7 Å². The SMILES string of the molecule is CCC(C)c1nscc1C. The fourth-order valence-electron chi connectivity index (χ4n) is 0.967. The summed E-state index contributed by atoms with van der Waals surface area (Å²) in [5, 5.41) is 2.11. The van der Waals surface area contributed by atoms with E-state index >= 15 is 0 Å². The van der Waals surface area contributed by atoms with Gasteiger partial charge in [0.2, 0.25) is 0 Å². The van der Waals surface area contributed by atoms with Crippen LogP contribution in [-0.2, 0) is 0 Å². The van der Waals surface area contributed by atoms with Gasteiger partial charge < -0.3 is 0 Å². The number of nitrogens with zero attached hydrogens (tertiary/aromatic N) is 1. The zero-order valence-electron chi connectivity index (χ0n) is 6.72. The van der Waals surface area contributed by atoms with Crippen LogP contribution in [-0.4, -0.2) is 4.37 Å². The van der Waals surface area contributed by atoms with E-state index in [4.69, 9.17) is 0 Å². The van der Waals surface area contributed by atoms with Crippen molar-refractivity contribution in [2.45, 2.75) is 33.1 Å². The minimum Gasteiger partial charge on any atom is -0.197 e. The molecule has 1 aromatic rings. The maximum Gasteiger partial charge on any atom is 0.0599 e. The Kier molecular flexibility index (Phi) is 2.44. The van der Waals surface area contributed by atoms with Crippen molar-refractivity contribution >= 4 is 11.5 Å².